The van der Waals surface area contributed by atoms with E-state index in [1.54, 1.807) is 0 Å². The van der Waals surface area contributed by atoms with Gasteiger partial charge in [0.15, 0.2) is 16.1 Å². The van der Waals surface area contributed by atoms with E-state index < -0.39 is 50.8 Å². The summed E-state index contributed by atoms with van der Waals surface area (Å²) in [7, 11) is -7.15. The predicted molar refractivity (Wildman–Crippen MR) is 405 cm³/mol. The van der Waals surface area contributed by atoms with Crippen molar-refractivity contribution in [3.63, 3.8) is 0 Å². The molecule has 0 spiro atoms. The fraction of sp³-hybridized carbons (Fsp3) is 0.0449. The third-order valence-corrected chi connectivity index (χ3v) is 33.6. The fourth-order valence-electron chi connectivity index (χ4n) is 16.4. The molecular formula is C89H65BFIN3Si2-. The second kappa shape index (κ2) is 24.6. The van der Waals surface area contributed by atoms with Crippen LogP contribution in [-0.2, 0) is 4.43 Å². The number of benzene rings is 13. The van der Waals surface area contributed by atoms with Crippen molar-refractivity contribution >= 4 is 92.5 Å². The number of alkyl halides is 1. The van der Waals surface area contributed by atoms with Crippen molar-refractivity contribution in [1.29, 1.82) is 0 Å². The zero-order valence-corrected chi connectivity index (χ0v) is 57.5. The Labute approximate surface area is 578 Å². The zero-order chi connectivity index (χ0) is 64.4. The summed E-state index contributed by atoms with van der Waals surface area (Å²) >= 11 is -0.406. The maximum atomic E-state index is 19.2. The molecule has 1 atom stereocenters. The zero-order valence-electron chi connectivity index (χ0n) is 53.4. The summed E-state index contributed by atoms with van der Waals surface area (Å²) in [5.74, 6) is 0. The molecule has 1 aliphatic carbocycles. The summed E-state index contributed by atoms with van der Waals surface area (Å²) in [5.41, 5.74) is 16.4. The van der Waals surface area contributed by atoms with E-state index in [0.29, 0.717) is 5.49 Å². The maximum absolute atomic E-state index is 19.2. The molecule has 4 aliphatic rings. The van der Waals surface area contributed by atoms with Crippen LogP contribution >= 0.6 is 0 Å². The molecule has 0 saturated carbocycles. The van der Waals surface area contributed by atoms with Crippen LogP contribution in [0.1, 0.15) is 29.5 Å². The van der Waals surface area contributed by atoms with Gasteiger partial charge in [-0.1, -0.05) is 224 Å². The number of hydrogen-bond acceptors (Lipinski definition) is 2. The van der Waals surface area contributed by atoms with Crippen LogP contribution in [0.25, 0.3) is 77.3 Å². The molecule has 1 aromatic heterocycles. The summed E-state index contributed by atoms with van der Waals surface area (Å²) in [6.45, 7) is 0. The molecular weight excluding hydrogens is 1320 g/mol. The SMILES string of the molecule is FB1N2C=C(c3ccc4c(c3)-c3ccccc3-c3ccccc3-c3ccccc3[I-]C4)C=C(c3ccc([Si](C4=CC=CCC4)(c4ccccc4)c4ccccc4)cc3)C2N=c2c3cccc4c(-c5ccc([Si](c6ccccc6)(c6ccccc6)c6ccccc6)cc5)ccc(c43)n21. The molecule has 0 saturated heterocycles. The minimum atomic E-state index is -2.79. The monoisotopic (exact) mass is 1390 g/mol. The van der Waals surface area contributed by atoms with Gasteiger partial charge in [0.25, 0.3) is 0 Å². The number of fused-ring (bicyclic) bond motifs is 11. The molecule has 0 fully saturated rings. The van der Waals surface area contributed by atoms with E-state index in [1.165, 1.54) is 84.0 Å². The molecule has 1 unspecified atom stereocenters. The van der Waals surface area contributed by atoms with Crippen molar-refractivity contribution < 1.29 is 25.5 Å². The van der Waals surface area contributed by atoms with Gasteiger partial charge in [0.1, 0.15) is 0 Å². The van der Waals surface area contributed by atoms with Crippen molar-refractivity contribution in [3.8, 4) is 44.5 Å². The Balaban J connectivity index is 0.800. The Hall–Kier alpha value is -10.5. The Morgan fingerprint density at radius 2 is 0.907 bits per heavy atom. The predicted octanol–water partition coefficient (Wildman–Crippen LogP) is 12.8. The first kappa shape index (κ1) is 59.0. The van der Waals surface area contributed by atoms with Crippen molar-refractivity contribution in [3.05, 3.63) is 383 Å². The first-order valence-corrected chi connectivity index (χ1v) is 40.3. The Morgan fingerprint density at radius 3 is 1.48 bits per heavy atom. The van der Waals surface area contributed by atoms with Gasteiger partial charge in [-0.05, 0) is 60.5 Å². The van der Waals surface area contributed by atoms with Gasteiger partial charge in [-0.3, -0.25) is 0 Å². The van der Waals surface area contributed by atoms with Gasteiger partial charge < -0.3 is 0 Å². The van der Waals surface area contributed by atoms with Gasteiger partial charge in [-0.15, -0.1) is 0 Å². The third kappa shape index (κ3) is 9.73. The van der Waals surface area contributed by atoms with Crippen LogP contribution < -0.4 is 63.0 Å². The van der Waals surface area contributed by atoms with Crippen LogP contribution in [0, 0.1) is 3.57 Å². The fourth-order valence-corrected chi connectivity index (χ4v) is 29.0. The molecule has 0 amide bonds. The van der Waals surface area contributed by atoms with Gasteiger partial charge in [-0.25, -0.2) is 0 Å². The van der Waals surface area contributed by atoms with Crippen LogP contribution in [-0.4, -0.2) is 38.9 Å². The number of hydrogen-bond donors (Lipinski definition) is 0. The quantitative estimate of drug-likeness (QED) is 0.0547. The molecule has 0 N–H and O–H groups in total. The second-order valence-corrected chi connectivity index (χ2v) is 36.2. The van der Waals surface area contributed by atoms with Crippen LogP contribution in [0.5, 0.6) is 0 Å². The van der Waals surface area contributed by atoms with E-state index in [2.05, 4.69) is 352 Å². The molecule has 3 nitrogen and oxygen atoms in total. The molecule has 13 aromatic carbocycles. The molecule has 4 heterocycles. The summed E-state index contributed by atoms with van der Waals surface area (Å²) in [4.78, 5) is 7.70. The van der Waals surface area contributed by atoms with Gasteiger partial charge in [0.05, 0.1) is 0 Å². The van der Waals surface area contributed by atoms with E-state index >= 15 is 4.32 Å². The Kier molecular flexibility index (Phi) is 15.0. The van der Waals surface area contributed by atoms with Crippen molar-refractivity contribution in [2.24, 2.45) is 4.99 Å². The molecule has 462 valence electrons. The van der Waals surface area contributed by atoms with Crippen molar-refractivity contribution in [1.82, 2.24) is 9.29 Å². The van der Waals surface area contributed by atoms with Crippen LogP contribution in [0.3, 0.4) is 0 Å². The summed E-state index contributed by atoms with van der Waals surface area (Å²) in [5, 5.41) is 13.9. The minimum absolute atomic E-state index is 0.406. The molecule has 3 aliphatic heterocycles. The molecule has 0 radical (unpaired) electrons. The number of allylic oxidation sites excluding steroid dienone is 6. The Morgan fingerprint density at radius 1 is 0.423 bits per heavy atom. The number of nitrogens with zero attached hydrogens (tertiary/aromatic N) is 3. The second-order valence-electron chi connectivity index (χ2n) is 25.9. The van der Waals surface area contributed by atoms with Crippen molar-refractivity contribution in [2.45, 2.75) is 23.4 Å². The van der Waals surface area contributed by atoms with Gasteiger partial charge in [0.2, 0.25) is 0 Å². The average molecular weight is 1390 g/mol. The standard InChI is InChI=1S/C89H65BFIN3Si2/c91-90-94-61-66(64-46-47-65-60-92-85-45-24-23-42-80(85)78-40-21-19-38-76(78)77-39-20-22-41-79(77)83(65)58-64)59-84(63-50-54-74(55-51-63)97(70-32-13-4-14-33-70,71-34-15-5-16-35-71)72-36-17-6-18-37-72)88(94)93-89-82-44-25-43-81-75(56-57-86(87(81)82)95(89)90)62-48-52-73(53-49-62)96(67-26-7-1-8-27-67,68-28-9-2-10-29-68)69-30-11-3-12-31-69/h1-17,19-36,38-59,61,88H,18,37,60H2/q-1. The van der Waals surface area contributed by atoms with E-state index in [0.717, 1.165) is 72.3 Å². The van der Waals surface area contributed by atoms with Crippen LogP contribution in [0.4, 0.5) is 4.32 Å². The molecule has 14 aromatic rings. The summed E-state index contributed by atoms with van der Waals surface area (Å²) in [6.07, 6.45) is 12.6. The van der Waals surface area contributed by atoms with E-state index in [-0.39, 0.29) is 0 Å². The van der Waals surface area contributed by atoms with E-state index in [9.17, 15) is 0 Å². The molecule has 0 bridgehead atoms. The van der Waals surface area contributed by atoms with Crippen molar-refractivity contribution in [2.75, 3.05) is 0 Å². The average Bonchev–Trinajstić information content (AvgIpc) is 1.63. The molecule has 18 rings (SSSR count). The molecule has 97 heavy (non-hydrogen) atoms. The summed E-state index contributed by atoms with van der Waals surface area (Å²) in [6, 6.07) is 119. The van der Waals surface area contributed by atoms with Gasteiger partial charge in [0, 0.05) is 0 Å². The van der Waals surface area contributed by atoms with E-state index in [1.807, 2.05) is 9.29 Å². The normalized spacial score (nSPS) is 15.1. The van der Waals surface area contributed by atoms with E-state index in [4.69, 9.17) is 4.99 Å². The first-order chi connectivity index (χ1) is 48.0. The Bertz CT molecular complexity index is 5410. The number of halogens is 2. The third-order valence-electron chi connectivity index (χ3n) is 20.8. The van der Waals surface area contributed by atoms with Crippen LogP contribution in [0.15, 0.2) is 362 Å². The molecule has 8 heteroatoms. The topological polar surface area (TPSA) is 20.5 Å². The first-order valence-electron chi connectivity index (χ1n) is 33.7. The van der Waals surface area contributed by atoms with Gasteiger partial charge in [-0.2, -0.15) is 0 Å². The summed E-state index contributed by atoms with van der Waals surface area (Å²) < 4.78 is 23.4. The number of aromatic nitrogens is 1. The van der Waals surface area contributed by atoms with Gasteiger partial charge >= 0.3 is 283 Å². The number of rotatable bonds is 11. The van der Waals surface area contributed by atoms with Crippen LogP contribution in [0.2, 0.25) is 0 Å².